The Morgan fingerprint density at radius 1 is 1.32 bits per heavy atom. The first kappa shape index (κ1) is 15.2. The number of halogens is 2. The van der Waals surface area contributed by atoms with Crippen LogP contribution in [0.3, 0.4) is 0 Å². The van der Waals surface area contributed by atoms with Crippen molar-refractivity contribution in [3.63, 3.8) is 0 Å². The van der Waals surface area contributed by atoms with Crippen LogP contribution in [0.2, 0.25) is 5.02 Å². The minimum atomic E-state index is -0.512. The average Bonchev–Trinajstić information content (AvgIpc) is 2.55. The van der Waals surface area contributed by atoms with Gasteiger partial charge in [0.25, 0.3) is 5.91 Å². The van der Waals surface area contributed by atoms with E-state index in [9.17, 15) is 9.18 Å². The number of thioether (sulfide) groups is 1. The van der Waals surface area contributed by atoms with Gasteiger partial charge in [-0.15, -0.1) is 11.8 Å². The van der Waals surface area contributed by atoms with Gasteiger partial charge in [0.05, 0.1) is 10.7 Å². The Balaban J connectivity index is 1.69. The second kappa shape index (κ2) is 6.58. The Hall–Kier alpha value is -1.72. The van der Waals surface area contributed by atoms with Crippen LogP contribution in [0.4, 0.5) is 10.1 Å². The number of nitrogens with zero attached hydrogens (tertiary/aromatic N) is 1. The van der Waals surface area contributed by atoms with Gasteiger partial charge in [0.2, 0.25) is 0 Å². The number of hydrogen-bond donors (Lipinski definition) is 0. The number of benzene rings is 2. The van der Waals surface area contributed by atoms with Crippen LogP contribution in [-0.4, -0.2) is 24.8 Å². The molecule has 0 N–H and O–H groups in total. The molecular formula is C16H13ClFNO2S. The van der Waals surface area contributed by atoms with Crippen molar-refractivity contribution in [1.82, 2.24) is 0 Å². The number of amides is 1. The Morgan fingerprint density at radius 3 is 2.95 bits per heavy atom. The normalized spacial score (nSPS) is 13.6. The minimum Gasteiger partial charge on any atom is -0.484 e. The first-order valence-electron chi connectivity index (χ1n) is 6.75. The van der Waals surface area contributed by atoms with Gasteiger partial charge in [-0.05, 0) is 24.3 Å². The van der Waals surface area contributed by atoms with Crippen molar-refractivity contribution in [3.8, 4) is 5.75 Å². The van der Waals surface area contributed by atoms with E-state index in [-0.39, 0.29) is 17.5 Å². The molecule has 6 heteroatoms. The number of anilines is 1. The SMILES string of the molecule is O=C(COc1ccc(F)c(Cl)c1)N1CCSc2ccccc21. The van der Waals surface area contributed by atoms with Gasteiger partial charge in [-0.2, -0.15) is 0 Å². The highest BCUT2D eigenvalue weighted by Crippen LogP contribution is 2.34. The Kier molecular flexibility index (Phi) is 4.55. The molecule has 0 spiro atoms. The molecule has 0 aliphatic carbocycles. The highest BCUT2D eigenvalue weighted by Gasteiger charge is 2.22. The third kappa shape index (κ3) is 3.20. The maximum Gasteiger partial charge on any atom is 0.264 e. The minimum absolute atomic E-state index is 0.0235. The zero-order valence-electron chi connectivity index (χ0n) is 11.6. The van der Waals surface area contributed by atoms with E-state index in [2.05, 4.69) is 0 Å². The summed E-state index contributed by atoms with van der Waals surface area (Å²) in [6.07, 6.45) is 0. The highest BCUT2D eigenvalue weighted by atomic mass is 35.5. The molecule has 2 aromatic rings. The van der Waals surface area contributed by atoms with E-state index < -0.39 is 5.82 Å². The number of carbonyl (C=O) groups is 1. The monoisotopic (exact) mass is 337 g/mol. The number of rotatable bonds is 3. The molecule has 3 rings (SSSR count). The molecule has 1 aliphatic heterocycles. The zero-order valence-corrected chi connectivity index (χ0v) is 13.2. The summed E-state index contributed by atoms with van der Waals surface area (Å²) in [4.78, 5) is 15.2. The van der Waals surface area contributed by atoms with Gasteiger partial charge < -0.3 is 9.64 Å². The predicted molar refractivity (Wildman–Crippen MR) is 86.4 cm³/mol. The molecule has 22 heavy (non-hydrogen) atoms. The van der Waals surface area contributed by atoms with Gasteiger partial charge in [0.15, 0.2) is 6.61 Å². The molecule has 114 valence electrons. The van der Waals surface area contributed by atoms with Crippen LogP contribution in [0.1, 0.15) is 0 Å². The van der Waals surface area contributed by atoms with Crippen molar-refractivity contribution < 1.29 is 13.9 Å². The van der Waals surface area contributed by atoms with Gasteiger partial charge in [0.1, 0.15) is 11.6 Å². The molecule has 3 nitrogen and oxygen atoms in total. The molecule has 0 aromatic heterocycles. The predicted octanol–water partition coefficient (Wildman–Crippen LogP) is 4.00. The topological polar surface area (TPSA) is 29.5 Å². The molecule has 0 unspecified atom stereocenters. The molecule has 0 bridgehead atoms. The number of carbonyl (C=O) groups excluding carboxylic acids is 1. The van der Waals surface area contributed by atoms with E-state index in [1.54, 1.807) is 16.7 Å². The lowest BCUT2D eigenvalue weighted by atomic mass is 10.2. The first-order valence-corrected chi connectivity index (χ1v) is 8.11. The maximum atomic E-state index is 13.1. The largest absolute Gasteiger partial charge is 0.484 e. The Morgan fingerprint density at radius 2 is 2.14 bits per heavy atom. The molecule has 0 radical (unpaired) electrons. The van der Waals surface area contributed by atoms with Crippen LogP contribution >= 0.6 is 23.4 Å². The van der Waals surface area contributed by atoms with Crippen molar-refractivity contribution >= 4 is 35.0 Å². The molecule has 1 heterocycles. The fourth-order valence-electron chi connectivity index (χ4n) is 2.22. The van der Waals surface area contributed by atoms with Crippen LogP contribution in [-0.2, 0) is 4.79 Å². The highest BCUT2D eigenvalue weighted by molar-refractivity contribution is 7.99. The summed E-state index contributed by atoms with van der Waals surface area (Å²) in [5.41, 5.74) is 0.907. The quantitative estimate of drug-likeness (QED) is 0.848. The van der Waals surface area contributed by atoms with Crippen molar-refractivity contribution in [1.29, 1.82) is 0 Å². The Labute approximate surface area is 137 Å². The van der Waals surface area contributed by atoms with Crippen molar-refractivity contribution in [2.75, 3.05) is 23.8 Å². The summed E-state index contributed by atoms with van der Waals surface area (Å²) in [7, 11) is 0. The first-order chi connectivity index (χ1) is 10.6. The average molecular weight is 338 g/mol. The molecule has 1 amide bonds. The van der Waals surface area contributed by atoms with E-state index in [4.69, 9.17) is 16.3 Å². The van der Waals surface area contributed by atoms with E-state index >= 15 is 0 Å². The second-order valence-corrected chi connectivity index (χ2v) is 6.27. The van der Waals surface area contributed by atoms with E-state index in [1.165, 1.54) is 18.2 Å². The second-order valence-electron chi connectivity index (χ2n) is 4.73. The smallest absolute Gasteiger partial charge is 0.264 e. The molecule has 0 fully saturated rings. The van der Waals surface area contributed by atoms with E-state index in [0.29, 0.717) is 12.3 Å². The standard InChI is InChI=1S/C16H13ClFNO2S/c17-12-9-11(5-6-13(12)18)21-10-16(20)19-7-8-22-15-4-2-1-3-14(15)19/h1-6,9H,7-8,10H2. The lowest BCUT2D eigenvalue weighted by Gasteiger charge is -2.28. The molecule has 2 aromatic carbocycles. The van der Waals surface area contributed by atoms with Gasteiger partial charge in [-0.25, -0.2) is 4.39 Å². The Bertz CT molecular complexity index is 710. The van der Waals surface area contributed by atoms with Crippen molar-refractivity contribution in [2.24, 2.45) is 0 Å². The van der Waals surface area contributed by atoms with E-state index in [1.807, 2.05) is 24.3 Å². The number of hydrogen-bond acceptors (Lipinski definition) is 3. The van der Waals surface area contributed by atoms with Gasteiger partial charge in [-0.1, -0.05) is 23.7 Å². The third-order valence-electron chi connectivity index (χ3n) is 3.28. The summed E-state index contributed by atoms with van der Waals surface area (Å²) in [5, 5.41) is -0.0235. The zero-order chi connectivity index (χ0) is 15.5. The van der Waals surface area contributed by atoms with Gasteiger partial charge in [0, 0.05) is 23.3 Å². The van der Waals surface area contributed by atoms with Crippen LogP contribution in [0.25, 0.3) is 0 Å². The summed E-state index contributed by atoms with van der Waals surface area (Å²) < 4.78 is 18.5. The summed E-state index contributed by atoms with van der Waals surface area (Å²) in [6, 6.07) is 11.8. The van der Waals surface area contributed by atoms with Crippen molar-refractivity contribution in [2.45, 2.75) is 4.90 Å². The third-order valence-corrected chi connectivity index (χ3v) is 4.62. The molecule has 1 aliphatic rings. The molecule has 0 atom stereocenters. The van der Waals surface area contributed by atoms with Crippen molar-refractivity contribution in [3.05, 3.63) is 53.3 Å². The van der Waals surface area contributed by atoms with E-state index in [0.717, 1.165) is 16.3 Å². The summed E-state index contributed by atoms with van der Waals surface area (Å²) in [5.74, 6) is 0.584. The molecule has 0 saturated heterocycles. The van der Waals surface area contributed by atoms with Crippen LogP contribution in [0.5, 0.6) is 5.75 Å². The lowest BCUT2D eigenvalue weighted by Crippen LogP contribution is -2.38. The number of ether oxygens (including phenoxy) is 1. The molecule has 0 saturated carbocycles. The van der Waals surface area contributed by atoms with Gasteiger partial charge in [-0.3, -0.25) is 4.79 Å². The number of fused-ring (bicyclic) bond motifs is 1. The van der Waals surface area contributed by atoms with Crippen LogP contribution < -0.4 is 9.64 Å². The fourth-order valence-corrected chi connectivity index (χ4v) is 3.38. The van der Waals surface area contributed by atoms with Gasteiger partial charge >= 0.3 is 0 Å². The lowest BCUT2D eigenvalue weighted by molar-refractivity contribution is -0.120. The van der Waals surface area contributed by atoms with Crippen LogP contribution in [0, 0.1) is 5.82 Å². The summed E-state index contributed by atoms with van der Waals surface area (Å²) in [6.45, 7) is 0.537. The van der Waals surface area contributed by atoms with Crippen LogP contribution in [0.15, 0.2) is 47.4 Å². The molecular weight excluding hydrogens is 325 g/mol. The maximum absolute atomic E-state index is 13.1. The number of para-hydroxylation sites is 1. The fraction of sp³-hybridized carbons (Fsp3) is 0.188. The summed E-state index contributed by atoms with van der Waals surface area (Å²) >= 11 is 7.43.